The van der Waals surface area contributed by atoms with Gasteiger partial charge < -0.3 is 15.0 Å². The summed E-state index contributed by atoms with van der Waals surface area (Å²) in [6.07, 6.45) is 1.18. The van der Waals surface area contributed by atoms with Crippen LogP contribution in [0.4, 0.5) is 0 Å². The molecule has 19 heavy (non-hydrogen) atoms. The Kier molecular flexibility index (Phi) is 4.80. The number of carbonyl (C=O) groups is 1. The summed E-state index contributed by atoms with van der Waals surface area (Å²) in [6.45, 7) is 7.45. The highest BCUT2D eigenvalue weighted by Gasteiger charge is 2.17. The summed E-state index contributed by atoms with van der Waals surface area (Å²) < 4.78 is 5.71. The summed E-state index contributed by atoms with van der Waals surface area (Å²) >= 11 is 0. The highest BCUT2D eigenvalue weighted by molar-refractivity contribution is 5.94. The lowest BCUT2D eigenvalue weighted by Crippen LogP contribution is -2.46. The SMILES string of the molecule is CCC(C)Oc1ccc(C(=O)N2CCNCC2)cc1. The van der Waals surface area contributed by atoms with Crippen LogP contribution in [0.25, 0.3) is 0 Å². The molecule has 4 heteroatoms. The van der Waals surface area contributed by atoms with Gasteiger partial charge in [-0.25, -0.2) is 0 Å². The van der Waals surface area contributed by atoms with Crippen molar-refractivity contribution < 1.29 is 9.53 Å². The summed E-state index contributed by atoms with van der Waals surface area (Å²) in [7, 11) is 0. The summed E-state index contributed by atoms with van der Waals surface area (Å²) in [5.74, 6) is 0.933. The molecule has 0 aromatic heterocycles. The third-order valence-corrected chi connectivity index (χ3v) is 3.42. The van der Waals surface area contributed by atoms with Crippen molar-refractivity contribution in [2.45, 2.75) is 26.4 Å². The maximum Gasteiger partial charge on any atom is 0.253 e. The maximum atomic E-state index is 12.2. The Bertz CT molecular complexity index is 411. The van der Waals surface area contributed by atoms with E-state index in [1.54, 1.807) is 0 Å². The molecule has 1 aromatic carbocycles. The molecular weight excluding hydrogens is 240 g/mol. The summed E-state index contributed by atoms with van der Waals surface area (Å²) in [4.78, 5) is 14.1. The van der Waals surface area contributed by atoms with Crippen LogP contribution in [0.15, 0.2) is 24.3 Å². The number of rotatable bonds is 4. The Morgan fingerprint density at radius 1 is 1.32 bits per heavy atom. The van der Waals surface area contributed by atoms with Crippen LogP contribution < -0.4 is 10.1 Å². The first-order chi connectivity index (χ1) is 9.20. The Balaban J connectivity index is 1.99. The molecule has 0 saturated carbocycles. The minimum Gasteiger partial charge on any atom is -0.491 e. The molecule has 1 saturated heterocycles. The lowest BCUT2D eigenvalue weighted by molar-refractivity contribution is 0.0736. The van der Waals surface area contributed by atoms with E-state index in [2.05, 4.69) is 12.2 Å². The topological polar surface area (TPSA) is 41.6 Å². The Hall–Kier alpha value is -1.55. The molecule has 1 atom stereocenters. The fraction of sp³-hybridized carbons (Fsp3) is 0.533. The molecule has 1 aliphatic rings. The van der Waals surface area contributed by atoms with Gasteiger partial charge in [0.15, 0.2) is 0 Å². The second kappa shape index (κ2) is 6.57. The van der Waals surface area contributed by atoms with E-state index in [4.69, 9.17) is 4.74 Å². The van der Waals surface area contributed by atoms with Crippen molar-refractivity contribution in [1.82, 2.24) is 10.2 Å². The molecule has 1 amide bonds. The number of piperazine rings is 1. The minimum atomic E-state index is 0.108. The van der Waals surface area contributed by atoms with E-state index in [1.165, 1.54) is 0 Å². The summed E-state index contributed by atoms with van der Waals surface area (Å²) in [5.41, 5.74) is 0.735. The standard InChI is InChI=1S/C15H22N2O2/c1-3-12(2)19-14-6-4-13(5-7-14)15(18)17-10-8-16-9-11-17/h4-7,12,16H,3,8-11H2,1-2H3. The number of hydrogen-bond acceptors (Lipinski definition) is 3. The van der Waals surface area contributed by atoms with Gasteiger partial charge in [-0.3, -0.25) is 4.79 Å². The first kappa shape index (κ1) is 13.9. The second-order valence-corrected chi connectivity index (χ2v) is 4.90. The van der Waals surface area contributed by atoms with E-state index in [1.807, 2.05) is 36.1 Å². The molecule has 1 fully saturated rings. The predicted octanol–water partition coefficient (Wildman–Crippen LogP) is 1.91. The lowest BCUT2D eigenvalue weighted by Gasteiger charge is -2.27. The number of amides is 1. The van der Waals surface area contributed by atoms with Gasteiger partial charge in [0.25, 0.3) is 5.91 Å². The minimum absolute atomic E-state index is 0.108. The van der Waals surface area contributed by atoms with Gasteiger partial charge in [0.1, 0.15) is 5.75 Å². The van der Waals surface area contributed by atoms with Gasteiger partial charge in [-0.2, -0.15) is 0 Å². The maximum absolute atomic E-state index is 12.2. The van der Waals surface area contributed by atoms with Gasteiger partial charge >= 0.3 is 0 Å². The van der Waals surface area contributed by atoms with Crippen LogP contribution in [0.5, 0.6) is 5.75 Å². The first-order valence-electron chi connectivity index (χ1n) is 6.97. The van der Waals surface area contributed by atoms with E-state index in [-0.39, 0.29) is 12.0 Å². The molecule has 104 valence electrons. The van der Waals surface area contributed by atoms with Crippen molar-refractivity contribution in [2.75, 3.05) is 26.2 Å². The largest absolute Gasteiger partial charge is 0.491 e. The molecule has 0 aliphatic carbocycles. The van der Waals surface area contributed by atoms with Crippen LogP contribution >= 0.6 is 0 Å². The van der Waals surface area contributed by atoms with Crippen molar-refractivity contribution >= 4 is 5.91 Å². The zero-order valence-corrected chi connectivity index (χ0v) is 11.7. The molecule has 1 aromatic rings. The van der Waals surface area contributed by atoms with Gasteiger partial charge in [-0.05, 0) is 37.6 Å². The number of benzene rings is 1. The van der Waals surface area contributed by atoms with E-state index in [9.17, 15) is 4.79 Å². The third kappa shape index (κ3) is 3.70. The molecule has 1 unspecified atom stereocenters. The van der Waals surface area contributed by atoms with Crippen LogP contribution in [-0.4, -0.2) is 43.1 Å². The molecule has 0 spiro atoms. The highest BCUT2D eigenvalue weighted by Crippen LogP contribution is 2.16. The number of nitrogens with one attached hydrogen (secondary N) is 1. The van der Waals surface area contributed by atoms with Crippen LogP contribution in [0.2, 0.25) is 0 Å². The van der Waals surface area contributed by atoms with Crippen molar-refractivity contribution in [3.8, 4) is 5.75 Å². The van der Waals surface area contributed by atoms with Gasteiger partial charge in [-0.1, -0.05) is 6.92 Å². The first-order valence-corrected chi connectivity index (χ1v) is 6.97. The van der Waals surface area contributed by atoms with Crippen LogP contribution in [0, 0.1) is 0 Å². The van der Waals surface area contributed by atoms with Crippen molar-refractivity contribution in [3.63, 3.8) is 0 Å². The number of ether oxygens (including phenoxy) is 1. The Morgan fingerprint density at radius 2 is 1.95 bits per heavy atom. The molecule has 2 rings (SSSR count). The highest BCUT2D eigenvalue weighted by atomic mass is 16.5. The van der Waals surface area contributed by atoms with Crippen LogP contribution in [0.3, 0.4) is 0 Å². The number of carbonyl (C=O) groups excluding carboxylic acids is 1. The number of nitrogens with zero attached hydrogens (tertiary/aromatic N) is 1. The quantitative estimate of drug-likeness (QED) is 0.901. The molecule has 1 N–H and O–H groups in total. The van der Waals surface area contributed by atoms with Crippen molar-refractivity contribution in [3.05, 3.63) is 29.8 Å². The summed E-state index contributed by atoms with van der Waals surface area (Å²) in [5, 5.41) is 3.24. The van der Waals surface area contributed by atoms with Crippen LogP contribution in [0.1, 0.15) is 30.6 Å². The summed E-state index contributed by atoms with van der Waals surface area (Å²) in [6, 6.07) is 7.45. The monoisotopic (exact) mass is 262 g/mol. The molecule has 1 heterocycles. The average Bonchev–Trinajstić information content (AvgIpc) is 2.48. The molecular formula is C15H22N2O2. The Labute approximate surface area is 114 Å². The Morgan fingerprint density at radius 3 is 2.53 bits per heavy atom. The normalized spacial score (nSPS) is 17.1. The van der Waals surface area contributed by atoms with E-state index >= 15 is 0 Å². The molecule has 0 bridgehead atoms. The molecule has 0 radical (unpaired) electrons. The fourth-order valence-corrected chi connectivity index (χ4v) is 2.04. The second-order valence-electron chi connectivity index (χ2n) is 4.90. The van der Waals surface area contributed by atoms with Crippen LogP contribution in [-0.2, 0) is 0 Å². The smallest absolute Gasteiger partial charge is 0.253 e. The molecule has 1 aliphatic heterocycles. The van der Waals surface area contributed by atoms with Crippen molar-refractivity contribution in [2.24, 2.45) is 0 Å². The third-order valence-electron chi connectivity index (χ3n) is 3.42. The van der Waals surface area contributed by atoms with Gasteiger partial charge in [0.2, 0.25) is 0 Å². The van der Waals surface area contributed by atoms with Crippen molar-refractivity contribution in [1.29, 1.82) is 0 Å². The zero-order valence-electron chi connectivity index (χ0n) is 11.7. The zero-order chi connectivity index (χ0) is 13.7. The van der Waals surface area contributed by atoms with Gasteiger partial charge in [0, 0.05) is 31.7 Å². The van der Waals surface area contributed by atoms with Gasteiger partial charge in [-0.15, -0.1) is 0 Å². The predicted molar refractivity (Wildman–Crippen MR) is 75.6 cm³/mol. The fourth-order valence-electron chi connectivity index (χ4n) is 2.04. The number of hydrogen-bond donors (Lipinski definition) is 1. The van der Waals surface area contributed by atoms with Gasteiger partial charge in [0.05, 0.1) is 6.10 Å². The van der Waals surface area contributed by atoms with E-state index < -0.39 is 0 Å². The molecule has 4 nitrogen and oxygen atoms in total. The van der Waals surface area contributed by atoms with E-state index in [0.29, 0.717) is 0 Å². The van der Waals surface area contributed by atoms with E-state index in [0.717, 1.165) is 43.9 Å². The average molecular weight is 262 g/mol. The lowest BCUT2D eigenvalue weighted by atomic mass is 10.1.